The molecule has 1 nitrogen and oxygen atoms in total. The quantitative estimate of drug-likeness (QED) is 0.542. The zero-order chi connectivity index (χ0) is 15.8. The minimum absolute atomic E-state index is 0.0563. The van der Waals surface area contributed by atoms with E-state index in [0.717, 1.165) is 18.2 Å². The fourth-order valence-electron chi connectivity index (χ4n) is 2.07. The lowest BCUT2D eigenvalue weighted by atomic mass is 9.85. The Labute approximate surface area is 114 Å². The van der Waals surface area contributed by atoms with E-state index in [1.165, 1.54) is 0 Å². The Bertz CT molecular complexity index is 595. The molecule has 8 heteroatoms. The van der Waals surface area contributed by atoms with E-state index in [-0.39, 0.29) is 11.8 Å². The Morgan fingerprint density at radius 1 is 1.00 bits per heavy atom. The summed E-state index contributed by atoms with van der Waals surface area (Å²) in [4.78, 5) is 3.33. The predicted octanol–water partition coefficient (Wildman–Crippen LogP) is 4.69. The Kier molecular flexibility index (Phi) is 3.81. The molecule has 0 spiro atoms. The predicted molar refractivity (Wildman–Crippen MR) is 59.8 cm³/mol. The first-order valence-corrected chi connectivity index (χ1v) is 5.77. The van der Waals surface area contributed by atoms with Crippen LogP contribution >= 0.6 is 0 Å². The van der Waals surface area contributed by atoms with Gasteiger partial charge in [-0.05, 0) is 24.6 Å². The summed E-state index contributed by atoms with van der Waals surface area (Å²) in [6, 6.07) is 3.26. The molecule has 1 aromatic rings. The van der Waals surface area contributed by atoms with Gasteiger partial charge < -0.3 is 0 Å². The summed E-state index contributed by atoms with van der Waals surface area (Å²) < 4.78 is 89.5. The van der Waals surface area contributed by atoms with Gasteiger partial charge in [0, 0.05) is 11.5 Å². The standard InChI is InChI=1S/C13H8F7N/c14-11-3-1-2-10(21-11)8-5-4-7(12(15,16)17)6-9(8)13(18,19)20/h1-4,6,8H,5H2. The van der Waals surface area contributed by atoms with Crippen LogP contribution in [-0.2, 0) is 0 Å². The number of allylic oxidation sites excluding steroid dienone is 4. The maximum Gasteiger partial charge on any atom is 0.416 e. The molecule has 0 radical (unpaired) electrons. The van der Waals surface area contributed by atoms with E-state index in [2.05, 4.69) is 4.98 Å². The van der Waals surface area contributed by atoms with E-state index in [0.29, 0.717) is 6.08 Å². The highest BCUT2D eigenvalue weighted by atomic mass is 19.4. The monoisotopic (exact) mass is 311 g/mol. The Morgan fingerprint density at radius 3 is 2.19 bits per heavy atom. The minimum Gasteiger partial charge on any atom is -0.224 e. The summed E-state index contributed by atoms with van der Waals surface area (Å²) in [5.41, 5.74) is -2.99. The van der Waals surface area contributed by atoms with Crippen LogP contribution < -0.4 is 0 Å². The van der Waals surface area contributed by atoms with Gasteiger partial charge in [0.2, 0.25) is 5.95 Å². The largest absolute Gasteiger partial charge is 0.416 e. The number of halogens is 7. The normalized spacial score (nSPS) is 20.0. The molecule has 0 fully saturated rings. The maximum absolute atomic E-state index is 13.0. The number of hydrogen-bond donors (Lipinski definition) is 0. The van der Waals surface area contributed by atoms with Crippen LogP contribution in [0.2, 0.25) is 0 Å². The lowest BCUT2D eigenvalue weighted by Gasteiger charge is -2.26. The van der Waals surface area contributed by atoms with Crippen molar-refractivity contribution in [3.05, 3.63) is 53.1 Å². The van der Waals surface area contributed by atoms with Crippen molar-refractivity contribution in [1.29, 1.82) is 0 Å². The molecule has 1 heterocycles. The third-order valence-corrected chi connectivity index (χ3v) is 3.01. The van der Waals surface area contributed by atoms with E-state index in [9.17, 15) is 30.7 Å². The van der Waals surface area contributed by atoms with Gasteiger partial charge in [-0.3, -0.25) is 0 Å². The third kappa shape index (κ3) is 3.43. The summed E-state index contributed by atoms with van der Waals surface area (Å²) >= 11 is 0. The number of nitrogens with zero attached hydrogens (tertiary/aromatic N) is 1. The summed E-state index contributed by atoms with van der Waals surface area (Å²) in [5, 5.41) is 0. The average Bonchev–Trinajstić information content (AvgIpc) is 2.36. The highest BCUT2D eigenvalue weighted by molar-refractivity contribution is 5.40. The second-order valence-corrected chi connectivity index (χ2v) is 4.43. The van der Waals surface area contributed by atoms with E-state index in [1.54, 1.807) is 0 Å². The molecule has 0 amide bonds. The highest BCUT2D eigenvalue weighted by Gasteiger charge is 2.44. The topological polar surface area (TPSA) is 12.9 Å². The molecular formula is C13H8F7N. The van der Waals surface area contributed by atoms with Gasteiger partial charge in [0.25, 0.3) is 0 Å². The summed E-state index contributed by atoms with van der Waals surface area (Å²) in [7, 11) is 0. The van der Waals surface area contributed by atoms with Gasteiger partial charge in [-0.1, -0.05) is 12.1 Å². The van der Waals surface area contributed by atoms with Gasteiger partial charge in [0.05, 0.1) is 11.3 Å². The Balaban J connectivity index is 2.46. The van der Waals surface area contributed by atoms with Gasteiger partial charge in [0.1, 0.15) is 0 Å². The first-order chi connectivity index (χ1) is 9.59. The molecule has 1 aliphatic rings. The molecule has 1 unspecified atom stereocenters. The van der Waals surface area contributed by atoms with Crippen molar-refractivity contribution in [3.8, 4) is 0 Å². The van der Waals surface area contributed by atoms with Crippen molar-refractivity contribution in [3.63, 3.8) is 0 Å². The second-order valence-electron chi connectivity index (χ2n) is 4.43. The molecule has 114 valence electrons. The molecule has 0 aromatic carbocycles. The van der Waals surface area contributed by atoms with Crippen molar-refractivity contribution in [2.75, 3.05) is 0 Å². The van der Waals surface area contributed by atoms with Crippen LogP contribution in [0.15, 0.2) is 41.5 Å². The van der Waals surface area contributed by atoms with E-state index in [1.807, 2.05) is 0 Å². The fourth-order valence-corrected chi connectivity index (χ4v) is 2.07. The Hall–Kier alpha value is -1.86. The van der Waals surface area contributed by atoms with Crippen molar-refractivity contribution in [1.82, 2.24) is 4.98 Å². The molecule has 1 aliphatic carbocycles. The highest BCUT2D eigenvalue weighted by Crippen LogP contribution is 2.44. The van der Waals surface area contributed by atoms with E-state index < -0.39 is 41.8 Å². The van der Waals surface area contributed by atoms with Gasteiger partial charge >= 0.3 is 12.4 Å². The first kappa shape index (κ1) is 15.5. The lowest BCUT2D eigenvalue weighted by molar-refractivity contribution is -0.100. The van der Waals surface area contributed by atoms with Crippen LogP contribution in [0.1, 0.15) is 18.0 Å². The fraction of sp³-hybridized carbons (Fsp3) is 0.308. The van der Waals surface area contributed by atoms with Crippen LogP contribution in [0.25, 0.3) is 0 Å². The molecule has 0 saturated heterocycles. The molecule has 21 heavy (non-hydrogen) atoms. The molecule has 1 aromatic heterocycles. The average molecular weight is 311 g/mol. The number of rotatable bonds is 1. The second kappa shape index (κ2) is 5.16. The summed E-state index contributed by atoms with van der Waals surface area (Å²) in [6.07, 6.45) is -9.65. The smallest absolute Gasteiger partial charge is 0.224 e. The van der Waals surface area contributed by atoms with Gasteiger partial charge in [-0.25, -0.2) is 4.98 Å². The minimum atomic E-state index is -4.95. The van der Waals surface area contributed by atoms with Crippen LogP contribution in [0.4, 0.5) is 30.7 Å². The SMILES string of the molecule is Fc1cccc(C2CC=C(C(F)(F)F)C=C2C(F)(F)F)n1. The number of hydrogen-bond acceptors (Lipinski definition) is 1. The van der Waals surface area contributed by atoms with Crippen LogP contribution in [0.3, 0.4) is 0 Å². The van der Waals surface area contributed by atoms with Gasteiger partial charge in [0.15, 0.2) is 0 Å². The van der Waals surface area contributed by atoms with Crippen molar-refractivity contribution < 1.29 is 30.7 Å². The Morgan fingerprint density at radius 2 is 1.67 bits per heavy atom. The molecular weight excluding hydrogens is 303 g/mol. The summed E-state index contributed by atoms with van der Waals surface area (Å²) in [6.45, 7) is 0. The van der Waals surface area contributed by atoms with Gasteiger partial charge in [-0.15, -0.1) is 0 Å². The molecule has 0 aliphatic heterocycles. The van der Waals surface area contributed by atoms with Crippen molar-refractivity contribution in [2.24, 2.45) is 0 Å². The van der Waals surface area contributed by atoms with Crippen molar-refractivity contribution in [2.45, 2.75) is 24.7 Å². The number of pyridine rings is 1. The molecule has 0 N–H and O–H groups in total. The van der Waals surface area contributed by atoms with Crippen LogP contribution in [-0.4, -0.2) is 17.3 Å². The first-order valence-electron chi connectivity index (χ1n) is 5.77. The molecule has 0 bridgehead atoms. The zero-order valence-electron chi connectivity index (χ0n) is 10.3. The van der Waals surface area contributed by atoms with Crippen LogP contribution in [0, 0.1) is 5.95 Å². The maximum atomic E-state index is 13.0. The van der Waals surface area contributed by atoms with Gasteiger partial charge in [-0.2, -0.15) is 30.7 Å². The van der Waals surface area contributed by atoms with Crippen LogP contribution in [0.5, 0.6) is 0 Å². The number of alkyl halides is 6. The summed E-state index contributed by atoms with van der Waals surface area (Å²) in [5.74, 6) is -2.44. The molecule has 1 atom stereocenters. The molecule has 2 rings (SSSR count). The molecule has 0 saturated carbocycles. The van der Waals surface area contributed by atoms with Crippen molar-refractivity contribution >= 4 is 0 Å². The lowest BCUT2D eigenvalue weighted by Crippen LogP contribution is -2.24. The zero-order valence-corrected chi connectivity index (χ0v) is 10.3. The van der Waals surface area contributed by atoms with E-state index >= 15 is 0 Å². The van der Waals surface area contributed by atoms with E-state index in [4.69, 9.17) is 0 Å². The third-order valence-electron chi connectivity index (χ3n) is 3.01. The number of aromatic nitrogens is 1.